The van der Waals surface area contributed by atoms with Gasteiger partial charge in [-0.1, -0.05) is 36.4 Å². The van der Waals surface area contributed by atoms with E-state index < -0.39 is 0 Å². The first-order chi connectivity index (χ1) is 11.6. The van der Waals surface area contributed by atoms with Crippen LogP contribution in [0.5, 0.6) is 11.5 Å². The second kappa shape index (κ2) is 8.53. The third-order valence-electron chi connectivity index (χ3n) is 3.24. The van der Waals surface area contributed by atoms with Crippen LogP contribution in [0.25, 0.3) is 6.08 Å². The highest BCUT2D eigenvalue weighted by atomic mass is 16.5. The average Bonchev–Trinajstić information content (AvgIpc) is 2.61. The number of methoxy groups -OCH3 is 2. The molecule has 0 saturated heterocycles. The third kappa shape index (κ3) is 4.98. The van der Waals surface area contributed by atoms with Crippen LogP contribution in [0.4, 0.5) is 0 Å². The van der Waals surface area contributed by atoms with E-state index >= 15 is 0 Å². The van der Waals surface area contributed by atoms with Crippen LogP contribution in [0.15, 0.2) is 59.2 Å². The van der Waals surface area contributed by atoms with Crippen LogP contribution in [0, 0.1) is 0 Å². The Kier molecular flexibility index (Phi) is 6.14. The summed E-state index contributed by atoms with van der Waals surface area (Å²) in [7, 11) is 3.07. The second-order valence-corrected chi connectivity index (χ2v) is 5.10. The number of hydrogen-bond acceptors (Lipinski definition) is 4. The van der Waals surface area contributed by atoms with E-state index in [2.05, 4.69) is 10.5 Å². The summed E-state index contributed by atoms with van der Waals surface area (Å²) in [6.45, 7) is 1.91. The number of amides is 1. The van der Waals surface area contributed by atoms with Crippen molar-refractivity contribution in [3.8, 4) is 11.5 Å². The van der Waals surface area contributed by atoms with Gasteiger partial charge < -0.3 is 9.47 Å². The molecular formula is C19H20N2O3. The number of hydrogen-bond donors (Lipinski definition) is 1. The molecule has 24 heavy (non-hydrogen) atoms. The minimum Gasteiger partial charge on any atom is -0.497 e. The van der Waals surface area contributed by atoms with E-state index in [1.807, 2.05) is 43.3 Å². The summed E-state index contributed by atoms with van der Waals surface area (Å²) < 4.78 is 10.3. The molecule has 0 unspecified atom stereocenters. The molecule has 0 aromatic heterocycles. The van der Waals surface area contributed by atoms with Crippen molar-refractivity contribution in [1.29, 1.82) is 0 Å². The highest BCUT2D eigenvalue weighted by Gasteiger charge is 2.08. The summed E-state index contributed by atoms with van der Waals surface area (Å²) in [6, 6.07) is 14.8. The van der Waals surface area contributed by atoms with Gasteiger partial charge in [-0.05, 0) is 30.2 Å². The van der Waals surface area contributed by atoms with Gasteiger partial charge in [0.2, 0.25) is 0 Å². The molecule has 0 fully saturated rings. The van der Waals surface area contributed by atoms with E-state index in [4.69, 9.17) is 9.47 Å². The van der Waals surface area contributed by atoms with Crippen LogP contribution < -0.4 is 14.9 Å². The van der Waals surface area contributed by atoms with Crippen LogP contribution in [0.3, 0.4) is 0 Å². The van der Waals surface area contributed by atoms with Crippen LogP contribution >= 0.6 is 0 Å². The molecule has 2 rings (SSSR count). The predicted molar refractivity (Wildman–Crippen MR) is 95.6 cm³/mol. The van der Waals surface area contributed by atoms with Crippen molar-refractivity contribution in [1.82, 2.24) is 5.43 Å². The van der Waals surface area contributed by atoms with Gasteiger partial charge in [0.05, 0.1) is 20.4 Å². The topological polar surface area (TPSA) is 59.9 Å². The molecule has 2 aromatic rings. The number of nitrogens with zero attached hydrogens (tertiary/aromatic N) is 1. The maximum atomic E-state index is 12.2. The highest BCUT2D eigenvalue weighted by molar-refractivity contribution is 5.96. The lowest BCUT2D eigenvalue weighted by molar-refractivity contribution is 0.0954. The van der Waals surface area contributed by atoms with Crippen LogP contribution in [0.2, 0.25) is 0 Å². The standard InChI is InChI=1S/C19H20N2O3/c1-14(9-15-7-5-4-6-8-15)13-20-21-19(22)16-10-17(23-2)12-18(11-16)24-3/h4-13H,1-3H3,(H,21,22)/b14-9+,20-13-. The number of ether oxygens (including phenoxy) is 2. The Bertz CT molecular complexity index is 730. The molecule has 0 atom stereocenters. The first-order valence-electron chi connectivity index (χ1n) is 7.42. The van der Waals surface area contributed by atoms with E-state index in [0.717, 1.165) is 11.1 Å². The average molecular weight is 324 g/mol. The Morgan fingerprint density at radius 3 is 2.25 bits per heavy atom. The Morgan fingerprint density at radius 2 is 1.67 bits per heavy atom. The fourth-order valence-corrected chi connectivity index (χ4v) is 2.05. The normalized spacial score (nSPS) is 11.4. The largest absolute Gasteiger partial charge is 0.497 e. The van der Waals surface area contributed by atoms with Crippen molar-refractivity contribution in [2.75, 3.05) is 14.2 Å². The van der Waals surface area contributed by atoms with Gasteiger partial charge in [-0.15, -0.1) is 0 Å². The van der Waals surface area contributed by atoms with Gasteiger partial charge in [0, 0.05) is 11.6 Å². The van der Waals surface area contributed by atoms with E-state index in [-0.39, 0.29) is 5.91 Å². The van der Waals surface area contributed by atoms with Gasteiger partial charge >= 0.3 is 0 Å². The van der Waals surface area contributed by atoms with Gasteiger partial charge in [0.25, 0.3) is 5.91 Å². The summed E-state index contributed by atoms with van der Waals surface area (Å²) in [5.41, 5.74) is 4.90. The smallest absolute Gasteiger partial charge is 0.271 e. The zero-order valence-electron chi connectivity index (χ0n) is 13.9. The second-order valence-electron chi connectivity index (χ2n) is 5.10. The zero-order valence-corrected chi connectivity index (χ0v) is 13.9. The van der Waals surface area contributed by atoms with Crippen LogP contribution in [0.1, 0.15) is 22.8 Å². The summed E-state index contributed by atoms with van der Waals surface area (Å²) in [5.74, 6) is 0.753. The zero-order chi connectivity index (χ0) is 17.4. The molecule has 0 aliphatic carbocycles. The minimum atomic E-state index is -0.337. The van der Waals surface area contributed by atoms with E-state index in [1.165, 1.54) is 14.2 Å². The minimum absolute atomic E-state index is 0.337. The highest BCUT2D eigenvalue weighted by Crippen LogP contribution is 2.22. The summed E-state index contributed by atoms with van der Waals surface area (Å²) in [5, 5.41) is 3.98. The summed E-state index contributed by atoms with van der Waals surface area (Å²) >= 11 is 0. The lowest BCUT2D eigenvalue weighted by Crippen LogP contribution is -2.17. The fraction of sp³-hybridized carbons (Fsp3) is 0.158. The van der Waals surface area contributed by atoms with Gasteiger partial charge in [0.1, 0.15) is 11.5 Å². The third-order valence-corrected chi connectivity index (χ3v) is 3.24. The first-order valence-corrected chi connectivity index (χ1v) is 7.42. The molecule has 0 bridgehead atoms. The number of rotatable bonds is 6. The molecule has 1 amide bonds. The molecule has 124 valence electrons. The number of carbonyl (C=O) groups excluding carboxylic acids is 1. The van der Waals surface area contributed by atoms with Crippen molar-refractivity contribution < 1.29 is 14.3 Å². The number of benzene rings is 2. The Morgan fingerprint density at radius 1 is 1.04 bits per heavy atom. The van der Waals surface area contributed by atoms with Gasteiger partial charge in [-0.2, -0.15) is 5.10 Å². The van der Waals surface area contributed by atoms with Crippen molar-refractivity contribution in [2.24, 2.45) is 5.10 Å². The van der Waals surface area contributed by atoms with Crippen LogP contribution in [-0.2, 0) is 0 Å². The molecule has 0 spiro atoms. The number of hydrazone groups is 1. The molecule has 0 saturated carbocycles. The maximum Gasteiger partial charge on any atom is 0.271 e. The Hall–Kier alpha value is -3.08. The maximum absolute atomic E-state index is 12.2. The van der Waals surface area contributed by atoms with Gasteiger partial charge in [0.15, 0.2) is 0 Å². The molecular weight excluding hydrogens is 304 g/mol. The molecule has 1 N–H and O–H groups in total. The van der Waals surface area contributed by atoms with Crippen molar-refractivity contribution in [3.05, 3.63) is 65.2 Å². The van der Waals surface area contributed by atoms with E-state index in [1.54, 1.807) is 24.4 Å². The lowest BCUT2D eigenvalue weighted by Gasteiger charge is -2.07. The molecule has 5 heteroatoms. The molecule has 2 aromatic carbocycles. The summed E-state index contributed by atoms with van der Waals surface area (Å²) in [4.78, 5) is 12.2. The van der Waals surface area contributed by atoms with Crippen LogP contribution in [-0.4, -0.2) is 26.3 Å². The summed E-state index contributed by atoms with van der Waals surface area (Å²) in [6.07, 6.45) is 3.58. The first kappa shape index (κ1) is 17.3. The van der Waals surface area contributed by atoms with Gasteiger partial charge in [-0.3, -0.25) is 4.79 Å². The van der Waals surface area contributed by atoms with Crippen molar-refractivity contribution in [2.45, 2.75) is 6.92 Å². The molecule has 0 aliphatic rings. The van der Waals surface area contributed by atoms with Gasteiger partial charge in [-0.25, -0.2) is 5.43 Å². The molecule has 0 aliphatic heterocycles. The Labute approximate surface area is 141 Å². The lowest BCUT2D eigenvalue weighted by atomic mass is 10.1. The predicted octanol–water partition coefficient (Wildman–Crippen LogP) is 3.52. The Balaban J connectivity index is 2.03. The quantitative estimate of drug-likeness (QED) is 0.653. The number of carbonyl (C=O) groups is 1. The monoisotopic (exact) mass is 324 g/mol. The molecule has 0 radical (unpaired) electrons. The van der Waals surface area contributed by atoms with E-state index in [9.17, 15) is 4.79 Å². The number of nitrogens with one attached hydrogen (secondary N) is 1. The molecule has 0 heterocycles. The number of allylic oxidation sites excluding steroid dienone is 1. The fourth-order valence-electron chi connectivity index (χ4n) is 2.05. The van der Waals surface area contributed by atoms with Crippen molar-refractivity contribution >= 4 is 18.2 Å². The SMILES string of the molecule is COc1cc(OC)cc(C(=O)N/N=C\C(C)=C\c2ccccc2)c1. The van der Waals surface area contributed by atoms with Crippen molar-refractivity contribution in [3.63, 3.8) is 0 Å². The molecule has 5 nitrogen and oxygen atoms in total. The van der Waals surface area contributed by atoms with E-state index in [0.29, 0.717) is 17.1 Å².